The van der Waals surface area contributed by atoms with Crippen LogP contribution in [0.3, 0.4) is 0 Å². The van der Waals surface area contributed by atoms with Crippen LogP contribution in [0.1, 0.15) is 22.9 Å². The quantitative estimate of drug-likeness (QED) is 0.860. The Bertz CT molecular complexity index is 618. The molecular formula is C16H15ClN2OS. The monoisotopic (exact) mass is 318 g/mol. The second kappa shape index (κ2) is 6.50. The molecule has 1 aromatic carbocycles. The summed E-state index contributed by atoms with van der Waals surface area (Å²) in [7, 11) is 0. The van der Waals surface area contributed by atoms with Gasteiger partial charge in [0.05, 0.1) is 0 Å². The van der Waals surface area contributed by atoms with Crippen molar-refractivity contribution in [1.82, 2.24) is 9.88 Å². The van der Waals surface area contributed by atoms with Gasteiger partial charge in [0, 0.05) is 41.7 Å². The van der Waals surface area contributed by atoms with Gasteiger partial charge in [-0.25, -0.2) is 0 Å². The number of carbonyl (C=O) groups excluding carboxylic acids is 1. The Hall–Kier alpha value is -1.52. The van der Waals surface area contributed by atoms with Crippen LogP contribution in [0.25, 0.3) is 0 Å². The number of benzene rings is 1. The van der Waals surface area contributed by atoms with E-state index in [0.29, 0.717) is 18.0 Å². The highest BCUT2D eigenvalue weighted by atomic mass is 35.5. The molecule has 3 rings (SSSR count). The number of carbonyl (C=O) groups is 1. The smallest absolute Gasteiger partial charge is 0.224 e. The zero-order valence-corrected chi connectivity index (χ0v) is 13.0. The summed E-state index contributed by atoms with van der Waals surface area (Å²) in [5, 5.41) is 0.748. The van der Waals surface area contributed by atoms with Crippen LogP contribution in [0, 0.1) is 0 Å². The topological polar surface area (TPSA) is 33.2 Å². The molecule has 1 atom stereocenters. The SMILES string of the molecule is O=C1CCSC(c2cccnc2)N1Cc1ccc(Cl)cc1. The molecule has 0 aliphatic carbocycles. The van der Waals surface area contributed by atoms with E-state index in [0.717, 1.165) is 16.9 Å². The molecular weight excluding hydrogens is 304 g/mol. The van der Waals surface area contributed by atoms with Crippen LogP contribution in [0.2, 0.25) is 5.02 Å². The molecule has 1 amide bonds. The summed E-state index contributed by atoms with van der Waals surface area (Å²) < 4.78 is 0. The summed E-state index contributed by atoms with van der Waals surface area (Å²) in [6, 6.07) is 11.6. The van der Waals surface area contributed by atoms with Gasteiger partial charge in [0.25, 0.3) is 0 Å². The summed E-state index contributed by atoms with van der Waals surface area (Å²) in [5.41, 5.74) is 2.16. The van der Waals surface area contributed by atoms with Crippen molar-refractivity contribution in [2.45, 2.75) is 18.3 Å². The highest BCUT2D eigenvalue weighted by Gasteiger charge is 2.29. The average Bonchev–Trinajstić information content (AvgIpc) is 2.52. The maximum absolute atomic E-state index is 12.3. The molecule has 0 radical (unpaired) electrons. The number of amides is 1. The molecule has 0 N–H and O–H groups in total. The molecule has 0 spiro atoms. The predicted octanol–water partition coefficient (Wildman–Crippen LogP) is 3.90. The summed E-state index contributed by atoms with van der Waals surface area (Å²) in [5.74, 6) is 1.05. The van der Waals surface area contributed by atoms with E-state index in [1.54, 1.807) is 18.0 Å². The number of hydrogen-bond donors (Lipinski definition) is 0. The third-order valence-electron chi connectivity index (χ3n) is 3.43. The fraction of sp³-hybridized carbons (Fsp3) is 0.250. The number of hydrogen-bond acceptors (Lipinski definition) is 3. The van der Waals surface area contributed by atoms with Gasteiger partial charge in [0.15, 0.2) is 0 Å². The molecule has 1 aliphatic rings. The Labute approximate surface area is 133 Å². The molecule has 0 bridgehead atoms. The normalized spacial score (nSPS) is 18.8. The number of nitrogens with zero attached hydrogens (tertiary/aromatic N) is 2. The minimum atomic E-state index is 0.0376. The third-order valence-corrected chi connectivity index (χ3v) is 4.97. The molecule has 21 heavy (non-hydrogen) atoms. The summed E-state index contributed by atoms with van der Waals surface area (Å²) in [6.45, 7) is 0.600. The van der Waals surface area contributed by atoms with E-state index in [1.165, 1.54) is 0 Å². The Kier molecular flexibility index (Phi) is 4.46. The minimum absolute atomic E-state index is 0.0376. The molecule has 2 aromatic rings. The second-order valence-electron chi connectivity index (χ2n) is 4.91. The average molecular weight is 319 g/mol. The fourth-order valence-electron chi connectivity index (χ4n) is 2.38. The Morgan fingerprint density at radius 3 is 2.81 bits per heavy atom. The van der Waals surface area contributed by atoms with E-state index in [1.807, 2.05) is 47.5 Å². The van der Waals surface area contributed by atoms with Crippen molar-refractivity contribution in [3.63, 3.8) is 0 Å². The maximum Gasteiger partial charge on any atom is 0.224 e. The van der Waals surface area contributed by atoms with Crippen LogP contribution in [-0.2, 0) is 11.3 Å². The number of rotatable bonds is 3. The van der Waals surface area contributed by atoms with Crippen LogP contribution in [0.15, 0.2) is 48.8 Å². The third kappa shape index (κ3) is 3.39. The molecule has 5 heteroatoms. The molecule has 1 unspecified atom stereocenters. The second-order valence-corrected chi connectivity index (χ2v) is 6.53. The number of halogens is 1. The van der Waals surface area contributed by atoms with Gasteiger partial charge in [-0.2, -0.15) is 0 Å². The van der Waals surface area contributed by atoms with Gasteiger partial charge in [-0.05, 0) is 23.8 Å². The molecule has 1 fully saturated rings. The zero-order chi connectivity index (χ0) is 14.7. The van der Waals surface area contributed by atoms with Gasteiger partial charge in [-0.3, -0.25) is 9.78 Å². The Morgan fingerprint density at radius 2 is 2.10 bits per heavy atom. The molecule has 2 heterocycles. The van der Waals surface area contributed by atoms with Crippen LogP contribution >= 0.6 is 23.4 Å². The predicted molar refractivity (Wildman–Crippen MR) is 86.1 cm³/mol. The molecule has 1 aliphatic heterocycles. The first-order valence-electron chi connectivity index (χ1n) is 6.79. The molecule has 0 saturated carbocycles. The fourth-order valence-corrected chi connectivity index (χ4v) is 3.72. The Morgan fingerprint density at radius 1 is 1.29 bits per heavy atom. The van der Waals surface area contributed by atoms with Crippen molar-refractivity contribution in [2.24, 2.45) is 0 Å². The van der Waals surface area contributed by atoms with Gasteiger partial charge in [-0.1, -0.05) is 29.8 Å². The lowest BCUT2D eigenvalue weighted by Gasteiger charge is -2.35. The van der Waals surface area contributed by atoms with Gasteiger partial charge < -0.3 is 4.90 Å². The molecule has 1 aromatic heterocycles. The number of aromatic nitrogens is 1. The molecule has 1 saturated heterocycles. The highest BCUT2D eigenvalue weighted by Crippen LogP contribution is 2.37. The van der Waals surface area contributed by atoms with Crippen LogP contribution in [-0.4, -0.2) is 21.5 Å². The standard InChI is InChI=1S/C16H15ClN2OS/c17-14-5-3-12(4-6-14)11-19-15(20)7-9-21-16(19)13-2-1-8-18-10-13/h1-6,8,10,16H,7,9,11H2. The maximum atomic E-state index is 12.3. The first-order valence-corrected chi connectivity index (χ1v) is 8.22. The van der Waals surface area contributed by atoms with Crippen molar-refractivity contribution in [3.8, 4) is 0 Å². The van der Waals surface area contributed by atoms with E-state index in [-0.39, 0.29) is 11.3 Å². The first-order chi connectivity index (χ1) is 10.2. The lowest BCUT2D eigenvalue weighted by molar-refractivity contribution is -0.132. The first kappa shape index (κ1) is 14.4. The van der Waals surface area contributed by atoms with Crippen molar-refractivity contribution >= 4 is 29.3 Å². The molecule has 3 nitrogen and oxygen atoms in total. The highest BCUT2D eigenvalue weighted by molar-refractivity contribution is 7.99. The van der Waals surface area contributed by atoms with E-state index in [4.69, 9.17) is 11.6 Å². The van der Waals surface area contributed by atoms with Crippen molar-refractivity contribution in [1.29, 1.82) is 0 Å². The minimum Gasteiger partial charge on any atom is -0.322 e. The lowest BCUT2D eigenvalue weighted by Crippen LogP contribution is -2.36. The lowest BCUT2D eigenvalue weighted by atomic mass is 10.1. The van der Waals surface area contributed by atoms with Crippen molar-refractivity contribution in [3.05, 3.63) is 64.9 Å². The van der Waals surface area contributed by atoms with Crippen molar-refractivity contribution < 1.29 is 4.79 Å². The summed E-state index contributed by atoms with van der Waals surface area (Å²) >= 11 is 7.70. The summed E-state index contributed by atoms with van der Waals surface area (Å²) in [6.07, 6.45) is 4.18. The van der Waals surface area contributed by atoms with E-state index in [2.05, 4.69) is 4.98 Å². The van der Waals surface area contributed by atoms with Gasteiger partial charge in [0.2, 0.25) is 5.91 Å². The molecule has 108 valence electrons. The number of pyridine rings is 1. The zero-order valence-electron chi connectivity index (χ0n) is 11.4. The largest absolute Gasteiger partial charge is 0.322 e. The van der Waals surface area contributed by atoms with Gasteiger partial charge >= 0.3 is 0 Å². The van der Waals surface area contributed by atoms with Crippen LogP contribution < -0.4 is 0 Å². The van der Waals surface area contributed by atoms with E-state index >= 15 is 0 Å². The van der Waals surface area contributed by atoms with Gasteiger partial charge in [0.1, 0.15) is 5.37 Å². The number of thioether (sulfide) groups is 1. The van der Waals surface area contributed by atoms with Crippen molar-refractivity contribution in [2.75, 3.05) is 5.75 Å². The summed E-state index contributed by atoms with van der Waals surface area (Å²) in [4.78, 5) is 18.4. The van der Waals surface area contributed by atoms with Crippen LogP contribution in [0.5, 0.6) is 0 Å². The van der Waals surface area contributed by atoms with Crippen LogP contribution in [0.4, 0.5) is 0 Å². The van der Waals surface area contributed by atoms with E-state index < -0.39 is 0 Å². The Balaban J connectivity index is 1.84. The van der Waals surface area contributed by atoms with Gasteiger partial charge in [-0.15, -0.1) is 11.8 Å². The van der Waals surface area contributed by atoms with E-state index in [9.17, 15) is 4.79 Å².